The van der Waals surface area contributed by atoms with Gasteiger partial charge in [0.05, 0.1) is 14.9 Å². The summed E-state index contributed by atoms with van der Waals surface area (Å²) in [6.07, 6.45) is 2.76. The summed E-state index contributed by atoms with van der Waals surface area (Å²) in [5.41, 5.74) is 5.04. The van der Waals surface area contributed by atoms with Crippen molar-refractivity contribution < 1.29 is 4.79 Å². The molecule has 0 fully saturated rings. The van der Waals surface area contributed by atoms with Crippen molar-refractivity contribution in [3.63, 3.8) is 0 Å². The third-order valence-corrected chi connectivity index (χ3v) is 7.05. The van der Waals surface area contributed by atoms with Crippen LogP contribution in [0.5, 0.6) is 0 Å². The van der Waals surface area contributed by atoms with E-state index < -0.39 is 5.54 Å². The average molecular weight is 438 g/mol. The molecule has 2 aromatic rings. The Balaban J connectivity index is 1.85. The van der Waals surface area contributed by atoms with E-state index in [1.807, 2.05) is 45.0 Å². The molecule has 3 rings (SSSR count). The van der Waals surface area contributed by atoms with Crippen LogP contribution in [-0.2, 0) is 18.4 Å². The van der Waals surface area contributed by atoms with Gasteiger partial charge in [-0.2, -0.15) is 5.26 Å². The first-order valence-corrected chi connectivity index (χ1v) is 11.3. The Labute approximate surface area is 187 Å². The van der Waals surface area contributed by atoms with Gasteiger partial charge in [0.15, 0.2) is 0 Å². The van der Waals surface area contributed by atoms with E-state index in [1.165, 1.54) is 11.3 Å². The molecule has 2 amide bonds. The number of hydrogen-bond acceptors (Lipinski definition) is 4. The lowest BCUT2D eigenvalue weighted by atomic mass is 9.85. The molecule has 1 aliphatic carbocycles. The van der Waals surface area contributed by atoms with Crippen molar-refractivity contribution >= 4 is 40.2 Å². The molecule has 0 radical (unpaired) electrons. The topological polar surface area (TPSA) is 64.9 Å². The van der Waals surface area contributed by atoms with Crippen LogP contribution in [0.25, 0.3) is 5.57 Å². The van der Waals surface area contributed by atoms with E-state index in [0.29, 0.717) is 16.5 Å². The van der Waals surface area contributed by atoms with Crippen LogP contribution >= 0.6 is 23.6 Å². The van der Waals surface area contributed by atoms with Gasteiger partial charge in [-0.15, -0.1) is 11.3 Å². The number of amides is 2. The second-order valence-corrected chi connectivity index (χ2v) is 10.3. The predicted octanol–water partition coefficient (Wildman–Crippen LogP) is 6.56. The zero-order valence-corrected chi connectivity index (χ0v) is 19.5. The number of allylic oxidation sites excluding steroid dienone is 1. The maximum absolute atomic E-state index is 12.8. The molecule has 1 heterocycles. The number of nitrogens with one attached hydrogen (secondary N) is 2. The fraction of sp³-hybridized carbons (Fsp3) is 0.375. The summed E-state index contributed by atoms with van der Waals surface area (Å²) in [7, 11) is 0. The Morgan fingerprint density at radius 2 is 2.10 bits per heavy atom. The average Bonchev–Trinajstić information content (AvgIpc) is 2.68. The Morgan fingerprint density at radius 1 is 1.37 bits per heavy atom. The highest BCUT2D eigenvalue weighted by atomic mass is 32.1. The normalized spacial score (nSPS) is 15.6. The van der Waals surface area contributed by atoms with E-state index in [0.717, 1.165) is 50.9 Å². The van der Waals surface area contributed by atoms with E-state index in [2.05, 4.69) is 30.2 Å². The number of rotatable bonds is 4. The zero-order chi connectivity index (χ0) is 22.1. The number of nitrogens with zero attached hydrogens (tertiary/aromatic N) is 1. The Morgan fingerprint density at radius 3 is 2.77 bits per heavy atom. The fourth-order valence-corrected chi connectivity index (χ4v) is 5.20. The lowest BCUT2D eigenvalue weighted by Crippen LogP contribution is -2.43. The van der Waals surface area contributed by atoms with Crippen LogP contribution in [0.3, 0.4) is 0 Å². The van der Waals surface area contributed by atoms with Crippen LogP contribution in [0.15, 0.2) is 30.8 Å². The number of carbonyl (C=O) groups is 1. The SMILES string of the molecule is C=C(C)c1cccc(C(C)(C)NC(=O)Nc2sc(=S)c3c(c2C#N)CCC(C)C3)c1. The summed E-state index contributed by atoms with van der Waals surface area (Å²) in [6.45, 7) is 12.1. The molecule has 0 bridgehead atoms. The van der Waals surface area contributed by atoms with Crippen molar-refractivity contribution in [1.82, 2.24) is 5.32 Å². The standard InChI is InChI=1S/C24H27N3OS2/c1-14(2)16-7-6-8-17(12-16)24(4,5)27-23(28)26-21-20(13-25)18-10-9-15(3)11-19(18)22(29)30-21/h6-8,12,15H,1,9-11H2,2-5H3,(H2,26,27,28). The summed E-state index contributed by atoms with van der Waals surface area (Å²) >= 11 is 6.90. The molecule has 6 heteroatoms. The Kier molecular flexibility index (Phi) is 6.44. The first kappa shape index (κ1) is 22.2. The molecule has 2 N–H and O–H groups in total. The second kappa shape index (κ2) is 8.71. The number of nitriles is 1. The van der Waals surface area contributed by atoms with E-state index in [9.17, 15) is 10.1 Å². The maximum Gasteiger partial charge on any atom is 0.320 e. The number of fused-ring (bicyclic) bond motifs is 1. The molecule has 1 aromatic carbocycles. The van der Waals surface area contributed by atoms with Crippen LogP contribution in [-0.4, -0.2) is 6.03 Å². The van der Waals surface area contributed by atoms with Gasteiger partial charge in [-0.1, -0.05) is 49.5 Å². The molecule has 1 atom stereocenters. The second-order valence-electron chi connectivity index (χ2n) is 8.58. The maximum atomic E-state index is 12.8. The molecule has 1 aliphatic rings. The Bertz CT molecular complexity index is 1110. The first-order valence-electron chi connectivity index (χ1n) is 10.1. The van der Waals surface area contributed by atoms with Crippen molar-refractivity contribution in [2.75, 3.05) is 5.32 Å². The van der Waals surface area contributed by atoms with Gasteiger partial charge in [-0.3, -0.25) is 5.32 Å². The summed E-state index contributed by atoms with van der Waals surface area (Å²) in [6, 6.07) is 9.93. The van der Waals surface area contributed by atoms with Gasteiger partial charge in [0.1, 0.15) is 11.1 Å². The molecule has 1 aromatic heterocycles. The lowest BCUT2D eigenvalue weighted by Gasteiger charge is -2.28. The molecule has 0 saturated carbocycles. The quantitative estimate of drug-likeness (QED) is 0.532. The number of urea groups is 1. The zero-order valence-electron chi connectivity index (χ0n) is 17.9. The highest BCUT2D eigenvalue weighted by Crippen LogP contribution is 2.36. The molecule has 30 heavy (non-hydrogen) atoms. The summed E-state index contributed by atoms with van der Waals surface area (Å²) in [5.74, 6) is 0.566. The van der Waals surface area contributed by atoms with Gasteiger partial charge < -0.3 is 5.32 Å². The van der Waals surface area contributed by atoms with Gasteiger partial charge >= 0.3 is 6.03 Å². The van der Waals surface area contributed by atoms with Crippen LogP contribution in [0.1, 0.15) is 61.9 Å². The van der Waals surface area contributed by atoms with E-state index in [-0.39, 0.29) is 6.03 Å². The minimum absolute atomic E-state index is 0.355. The molecule has 156 valence electrons. The largest absolute Gasteiger partial charge is 0.329 e. The molecule has 0 spiro atoms. The number of carbonyl (C=O) groups excluding carboxylic acids is 1. The fourth-order valence-electron chi connectivity index (χ4n) is 3.81. The van der Waals surface area contributed by atoms with Crippen LogP contribution < -0.4 is 10.6 Å². The van der Waals surface area contributed by atoms with E-state index >= 15 is 0 Å². The van der Waals surface area contributed by atoms with Gasteiger partial charge in [0.2, 0.25) is 0 Å². The van der Waals surface area contributed by atoms with Crippen molar-refractivity contribution in [2.45, 2.75) is 52.5 Å². The van der Waals surface area contributed by atoms with Crippen molar-refractivity contribution in [3.05, 3.63) is 62.5 Å². The van der Waals surface area contributed by atoms with Gasteiger partial charge in [0.25, 0.3) is 0 Å². The van der Waals surface area contributed by atoms with Gasteiger partial charge in [-0.25, -0.2) is 4.79 Å². The highest BCUT2D eigenvalue weighted by Gasteiger charge is 2.26. The van der Waals surface area contributed by atoms with Crippen LogP contribution in [0.2, 0.25) is 0 Å². The molecule has 0 aliphatic heterocycles. The lowest BCUT2D eigenvalue weighted by molar-refractivity contribution is 0.242. The minimum Gasteiger partial charge on any atom is -0.329 e. The summed E-state index contributed by atoms with van der Waals surface area (Å²) < 4.78 is 0.763. The summed E-state index contributed by atoms with van der Waals surface area (Å²) in [4.78, 5) is 12.8. The molecule has 4 nitrogen and oxygen atoms in total. The third-order valence-electron chi connectivity index (χ3n) is 5.62. The molecular weight excluding hydrogens is 410 g/mol. The van der Waals surface area contributed by atoms with E-state index in [4.69, 9.17) is 12.2 Å². The van der Waals surface area contributed by atoms with Crippen molar-refractivity contribution in [3.8, 4) is 6.07 Å². The first-order chi connectivity index (χ1) is 14.1. The van der Waals surface area contributed by atoms with Gasteiger partial charge in [-0.05, 0) is 74.3 Å². The molecule has 1 unspecified atom stereocenters. The summed E-state index contributed by atoms with van der Waals surface area (Å²) in [5, 5.41) is 16.2. The number of benzene rings is 1. The van der Waals surface area contributed by atoms with Crippen LogP contribution in [0.4, 0.5) is 9.80 Å². The molecule has 0 saturated heterocycles. The van der Waals surface area contributed by atoms with E-state index in [1.54, 1.807) is 0 Å². The van der Waals surface area contributed by atoms with Gasteiger partial charge in [0, 0.05) is 0 Å². The van der Waals surface area contributed by atoms with Crippen LogP contribution in [0, 0.1) is 21.1 Å². The third kappa shape index (κ3) is 4.63. The molecular formula is C24H27N3OS2. The highest BCUT2D eigenvalue weighted by molar-refractivity contribution is 7.73. The number of hydrogen-bond donors (Lipinski definition) is 2. The number of anilines is 1. The van der Waals surface area contributed by atoms with Crippen molar-refractivity contribution in [1.29, 1.82) is 5.26 Å². The smallest absolute Gasteiger partial charge is 0.320 e. The minimum atomic E-state index is -0.604. The monoisotopic (exact) mass is 437 g/mol. The Hall–Kier alpha value is -2.49. The van der Waals surface area contributed by atoms with Crippen molar-refractivity contribution in [2.24, 2.45) is 5.92 Å². The predicted molar refractivity (Wildman–Crippen MR) is 127 cm³/mol.